The first-order valence-electron chi connectivity index (χ1n) is 8.68. The van der Waals surface area contributed by atoms with Crippen LogP contribution in [0.4, 0.5) is 0 Å². The van der Waals surface area contributed by atoms with E-state index >= 15 is 0 Å². The molecule has 7 nitrogen and oxygen atoms in total. The van der Waals surface area contributed by atoms with Crippen LogP contribution in [0.3, 0.4) is 0 Å². The van der Waals surface area contributed by atoms with Crippen molar-refractivity contribution in [3.8, 4) is 6.07 Å². The highest BCUT2D eigenvalue weighted by Crippen LogP contribution is 2.06. The largest absolute Gasteiger partial charge is 0.331 e. The van der Waals surface area contributed by atoms with E-state index in [1.807, 2.05) is 13.0 Å². The summed E-state index contributed by atoms with van der Waals surface area (Å²) in [7, 11) is 0. The van der Waals surface area contributed by atoms with Crippen molar-refractivity contribution in [2.24, 2.45) is 0 Å². The van der Waals surface area contributed by atoms with E-state index in [1.54, 1.807) is 0 Å². The molecule has 2 rings (SSSR count). The van der Waals surface area contributed by atoms with Gasteiger partial charge in [-0.25, -0.2) is 4.79 Å². The Labute approximate surface area is 142 Å². The average molecular weight is 333 g/mol. The molecule has 0 saturated carbocycles. The number of piperazine rings is 1. The van der Waals surface area contributed by atoms with Crippen molar-refractivity contribution in [2.45, 2.75) is 46.3 Å². The second-order valence-corrected chi connectivity index (χ2v) is 6.50. The Balaban J connectivity index is 1.97. The monoisotopic (exact) mass is 333 g/mol. The third-order valence-corrected chi connectivity index (χ3v) is 4.69. The highest BCUT2D eigenvalue weighted by atomic mass is 16.2. The summed E-state index contributed by atoms with van der Waals surface area (Å²) < 4.78 is 2.62. The molecule has 0 amide bonds. The molecular formula is C17H27N5O2. The topological polar surface area (TPSA) is 74.3 Å². The third-order valence-electron chi connectivity index (χ3n) is 4.69. The molecule has 1 aliphatic rings. The summed E-state index contributed by atoms with van der Waals surface area (Å²) in [5.74, 6) is 0. The molecule has 24 heavy (non-hydrogen) atoms. The summed E-state index contributed by atoms with van der Waals surface area (Å²) in [6.45, 7) is 12.1. The van der Waals surface area contributed by atoms with Crippen molar-refractivity contribution in [3.63, 3.8) is 0 Å². The number of nitriles is 1. The molecule has 1 aromatic heterocycles. The second-order valence-electron chi connectivity index (χ2n) is 6.50. The minimum atomic E-state index is -0.475. The first kappa shape index (κ1) is 18.4. The number of aromatic nitrogens is 2. The zero-order chi connectivity index (χ0) is 17.7. The summed E-state index contributed by atoms with van der Waals surface area (Å²) in [6.07, 6.45) is 2.09. The fraction of sp³-hybridized carbons (Fsp3) is 0.706. The van der Waals surface area contributed by atoms with Crippen molar-refractivity contribution >= 4 is 0 Å². The average Bonchev–Trinajstić information content (AvgIpc) is 2.58. The number of rotatable bonds is 6. The zero-order valence-corrected chi connectivity index (χ0v) is 14.9. The minimum Gasteiger partial charge on any atom is -0.301 e. The van der Waals surface area contributed by atoms with Crippen LogP contribution < -0.4 is 11.2 Å². The van der Waals surface area contributed by atoms with Gasteiger partial charge in [0.2, 0.25) is 0 Å². The van der Waals surface area contributed by atoms with Crippen LogP contribution in [0.15, 0.2) is 15.8 Å². The number of nitrogens with zero attached hydrogens (tertiary/aromatic N) is 5. The molecular weight excluding hydrogens is 306 g/mol. The van der Waals surface area contributed by atoms with Crippen LogP contribution in [0.1, 0.15) is 32.8 Å². The number of hydrogen-bond acceptors (Lipinski definition) is 5. The lowest BCUT2D eigenvalue weighted by Crippen LogP contribution is -2.49. The molecule has 2 heterocycles. The minimum absolute atomic E-state index is 0.0296. The van der Waals surface area contributed by atoms with Crippen molar-refractivity contribution < 1.29 is 0 Å². The Hall–Kier alpha value is -1.91. The van der Waals surface area contributed by atoms with E-state index in [0.29, 0.717) is 19.1 Å². The van der Waals surface area contributed by atoms with Crippen molar-refractivity contribution in [2.75, 3.05) is 32.7 Å². The van der Waals surface area contributed by atoms with Crippen LogP contribution in [0.25, 0.3) is 0 Å². The first-order valence-corrected chi connectivity index (χ1v) is 8.68. The smallest absolute Gasteiger partial charge is 0.301 e. The van der Waals surface area contributed by atoms with Crippen LogP contribution in [-0.4, -0.2) is 57.7 Å². The molecule has 0 N–H and O–H groups in total. The van der Waals surface area contributed by atoms with Crippen LogP contribution >= 0.6 is 0 Å². The van der Waals surface area contributed by atoms with Gasteiger partial charge in [0.25, 0.3) is 5.56 Å². The molecule has 1 aromatic rings. The lowest BCUT2D eigenvalue weighted by Gasteiger charge is -2.36. The lowest BCUT2D eigenvalue weighted by molar-refractivity contribution is 0.107. The highest BCUT2D eigenvalue weighted by Gasteiger charge is 2.18. The molecule has 0 spiro atoms. The zero-order valence-electron chi connectivity index (χ0n) is 14.9. The van der Waals surface area contributed by atoms with E-state index in [2.05, 4.69) is 23.6 Å². The number of hydrogen-bond donors (Lipinski definition) is 0. The maximum absolute atomic E-state index is 12.3. The molecule has 0 radical (unpaired) electrons. The van der Waals surface area contributed by atoms with E-state index < -0.39 is 5.56 Å². The summed E-state index contributed by atoms with van der Waals surface area (Å²) in [5.41, 5.74) is -0.773. The molecule has 132 valence electrons. The standard InChI is InChI=1S/C17H27N5O2/c1-4-20-13-15(12-18)16(23)22(17(20)24)7-5-6-19-8-10-21(11-9-19)14(2)3/h13-14H,4-11H2,1-3H3. The van der Waals surface area contributed by atoms with Crippen molar-refractivity contribution in [1.29, 1.82) is 5.26 Å². The van der Waals surface area contributed by atoms with Gasteiger partial charge in [0.05, 0.1) is 0 Å². The van der Waals surface area contributed by atoms with E-state index in [9.17, 15) is 9.59 Å². The normalized spacial score (nSPS) is 16.5. The predicted molar refractivity (Wildman–Crippen MR) is 93.1 cm³/mol. The summed E-state index contributed by atoms with van der Waals surface area (Å²) in [5, 5.41) is 9.06. The highest BCUT2D eigenvalue weighted by molar-refractivity contribution is 5.22. The summed E-state index contributed by atoms with van der Waals surface area (Å²) >= 11 is 0. The van der Waals surface area contributed by atoms with Gasteiger partial charge in [-0.15, -0.1) is 0 Å². The Bertz CT molecular complexity index is 705. The van der Waals surface area contributed by atoms with Gasteiger partial charge in [-0.3, -0.25) is 18.8 Å². The van der Waals surface area contributed by atoms with Gasteiger partial charge in [0, 0.05) is 51.5 Å². The number of aryl methyl sites for hydroxylation is 1. The van der Waals surface area contributed by atoms with Crippen molar-refractivity contribution in [3.05, 3.63) is 32.6 Å². The van der Waals surface area contributed by atoms with E-state index in [0.717, 1.165) is 39.1 Å². The molecule has 1 fully saturated rings. The lowest BCUT2D eigenvalue weighted by atomic mass is 10.2. The molecule has 0 bridgehead atoms. The van der Waals surface area contributed by atoms with E-state index in [1.165, 1.54) is 15.3 Å². The van der Waals surface area contributed by atoms with Gasteiger partial charge in [0.1, 0.15) is 11.6 Å². The summed E-state index contributed by atoms with van der Waals surface area (Å²) in [6, 6.07) is 2.46. The maximum atomic E-state index is 12.3. The van der Waals surface area contributed by atoms with E-state index in [-0.39, 0.29) is 11.3 Å². The van der Waals surface area contributed by atoms with Gasteiger partial charge in [0.15, 0.2) is 0 Å². The Morgan fingerprint density at radius 1 is 1.17 bits per heavy atom. The quantitative estimate of drug-likeness (QED) is 0.749. The molecule has 7 heteroatoms. The second kappa shape index (κ2) is 8.27. The first-order chi connectivity index (χ1) is 11.5. The molecule has 0 atom stereocenters. The fourth-order valence-corrected chi connectivity index (χ4v) is 3.11. The predicted octanol–water partition coefficient (Wildman–Crippen LogP) is 0.318. The molecule has 1 saturated heterocycles. The van der Waals surface area contributed by atoms with Crippen LogP contribution in [0, 0.1) is 11.3 Å². The Morgan fingerprint density at radius 2 is 1.83 bits per heavy atom. The molecule has 1 aliphatic heterocycles. The van der Waals surface area contributed by atoms with Crippen LogP contribution in [0.2, 0.25) is 0 Å². The molecule has 0 unspecified atom stereocenters. The van der Waals surface area contributed by atoms with Gasteiger partial charge in [-0.05, 0) is 33.7 Å². The van der Waals surface area contributed by atoms with Gasteiger partial charge >= 0.3 is 5.69 Å². The Morgan fingerprint density at radius 3 is 2.38 bits per heavy atom. The summed E-state index contributed by atoms with van der Waals surface area (Å²) in [4.78, 5) is 29.3. The van der Waals surface area contributed by atoms with Gasteiger partial charge < -0.3 is 4.90 Å². The SMILES string of the molecule is CCn1cc(C#N)c(=O)n(CCCN2CCN(C(C)C)CC2)c1=O. The van der Waals surface area contributed by atoms with Crippen LogP contribution in [0.5, 0.6) is 0 Å². The fourth-order valence-electron chi connectivity index (χ4n) is 3.11. The van der Waals surface area contributed by atoms with Gasteiger partial charge in [-0.1, -0.05) is 0 Å². The third kappa shape index (κ3) is 4.13. The molecule has 0 aromatic carbocycles. The van der Waals surface area contributed by atoms with Gasteiger partial charge in [-0.2, -0.15) is 5.26 Å². The van der Waals surface area contributed by atoms with Crippen molar-refractivity contribution in [1.82, 2.24) is 18.9 Å². The van der Waals surface area contributed by atoms with E-state index in [4.69, 9.17) is 5.26 Å². The maximum Gasteiger partial charge on any atom is 0.331 e. The Kier molecular flexibility index (Phi) is 6.35. The van der Waals surface area contributed by atoms with Crippen LogP contribution in [-0.2, 0) is 13.1 Å². The molecule has 0 aliphatic carbocycles.